The number of aliphatic hydroxyl groups excluding tert-OH is 1. The number of hydrogen-bond donors (Lipinski definition) is 2. The molecule has 1 aromatic carbocycles. The van der Waals surface area contributed by atoms with Crippen molar-refractivity contribution in [2.24, 2.45) is 0 Å². The van der Waals surface area contributed by atoms with E-state index in [0.717, 1.165) is 25.3 Å². The second kappa shape index (κ2) is 9.46. The van der Waals surface area contributed by atoms with E-state index in [-0.39, 0.29) is 19.0 Å². The van der Waals surface area contributed by atoms with Gasteiger partial charge in [-0.2, -0.15) is 0 Å². The highest BCUT2D eigenvalue weighted by Gasteiger charge is 1.94. The summed E-state index contributed by atoms with van der Waals surface area (Å²) >= 11 is 0. The zero-order valence-electron chi connectivity index (χ0n) is 9.58. The second-order valence-electron chi connectivity index (χ2n) is 3.39. The molecule has 1 aromatic rings. The molecule has 1 rings (SSSR count). The van der Waals surface area contributed by atoms with E-state index in [1.807, 2.05) is 24.3 Å². The van der Waals surface area contributed by atoms with Crippen molar-refractivity contribution in [2.75, 3.05) is 19.8 Å². The summed E-state index contributed by atoms with van der Waals surface area (Å²) in [5.41, 5.74) is 1.25. The van der Waals surface area contributed by atoms with Gasteiger partial charge in [-0.25, -0.2) is 0 Å². The first-order valence-corrected chi connectivity index (χ1v) is 5.40. The first-order valence-electron chi connectivity index (χ1n) is 5.40. The molecule has 4 heteroatoms. The molecule has 0 bridgehead atoms. The standard InChI is InChI=1S/C12H19NO2.ClH/c1-2-7-13-10-11-3-5-12(6-4-11)15-9-8-14;/h3-6,13-14H,2,7-10H2,1H3;1H/p-1. The van der Waals surface area contributed by atoms with Crippen LogP contribution in [0.25, 0.3) is 0 Å². The Morgan fingerprint density at radius 1 is 1.25 bits per heavy atom. The lowest BCUT2D eigenvalue weighted by atomic mass is 10.2. The summed E-state index contributed by atoms with van der Waals surface area (Å²) in [4.78, 5) is 0. The summed E-state index contributed by atoms with van der Waals surface area (Å²) < 4.78 is 5.27. The van der Waals surface area contributed by atoms with Crippen molar-refractivity contribution < 1.29 is 22.3 Å². The predicted octanol–water partition coefficient (Wildman–Crippen LogP) is -1.44. The maximum absolute atomic E-state index is 8.59. The van der Waals surface area contributed by atoms with Crippen LogP contribution in [0.5, 0.6) is 5.75 Å². The predicted molar refractivity (Wildman–Crippen MR) is 61.0 cm³/mol. The Labute approximate surface area is 103 Å². The van der Waals surface area contributed by atoms with Crippen molar-refractivity contribution in [3.63, 3.8) is 0 Å². The van der Waals surface area contributed by atoms with E-state index < -0.39 is 0 Å². The minimum Gasteiger partial charge on any atom is -1.00 e. The Kier molecular flexibility index (Phi) is 9.00. The van der Waals surface area contributed by atoms with Crippen LogP contribution in [0.15, 0.2) is 24.3 Å². The largest absolute Gasteiger partial charge is 1.00 e. The Morgan fingerprint density at radius 3 is 2.50 bits per heavy atom. The van der Waals surface area contributed by atoms with Crippen molar-refractivity contribution in [1.82, 2.24) is 5.32 Å². The third-order valence-corrected chi connectivity index (χ3v) is 2.04. The molecule has 0 aliphatic carbocycles. The summed E-state index contributed by atoms with van der Waals surface area (Å²) in [6, 6.07) is 7.93. The molecule has 3 nitrogen and oxygen atoms in total. The van der Waals surface area contributed by atoms with E-state index in [9.17, 15) is 0 Å². The topological polar surface area (TPSA) is 41.5 Å². The summed E-state index contributed by atoms with van der Waals surface area (Å²) in [7, 11) is 0. The van der Waals surface area contributed by atoms with E-state index in [0.29, 0.717) is 6.61 Å². The molecule has 0 saturated carbocycles. The maximum Gasteiger partial charge on any atom is 0.119 e. The van der Waals surface area contributed by atoms with Gasteiger partial charge in [-0.3, -0.25) is 0 Å². The van der Waals surface area contributed by atoms with E-state index in [2.05, 4.69) is 12.2 Å². The van der Waals surface area contributed by atoms with E-state index in [4.69, 9.17) is 9.84 Å². The summed E-state index contributed by atoms with van der Waals surface area (Å²) in [6.45, 7) is 4.50. The third-order valence-electron chi connectivity index (χ3n) is 2.04. The summed E-state index contributed by atoms with van der Waals surface area (Å²) in [5.74, 6) is 0.809. The van der Waals surface area contributed by atoms with Crippen LogP contribution in [-0.2, 0) is 6.54 Å². The van der Waals surface area contributed by atoms with Gasteiger partial charge in [-0.05, 0) is 30.7 Å². The molecule has 0 radical (unpaired) electrons. The highest BCUT2D eigenvalue weighted by atomic mass is 35.5. The number of nitrogens with one attached hydrogen (secondary N) is 1. The van der Waals surface area contributed by atoms with Gasteiger partial charge < -0.3 is 27.6 Å². The lowest BCUT2D eigenvalue weighted by Crippen LogP contribution is -3.00. The van der Waals surface area contributed by atoms with Gasteiger partial charge in [-0.15, -0.1) is 0 Å². The average Bonchev–Trinajstić information content (AvgIpc) is 2.28. The second-order valence-corrected chi connectivity index (χ2v) is 3.39. The fraction of sp³-hybridized carbons (Fsp3) is 0.500. The van der Waals surface area contributed by atoms with Gasteiger partial charge in [0.15, 0.2) is 0 Å². The molecule has 0 saturated heterocycles. The van der Waals surface area contributed by atoms with E-state index in [1.165, 1.54) is 5.56 Å². The third kappa shape index (κ3) is 5.95. The van der Waals surface area contributed by atoms with Gasteiger partial charge in [0.25, 0.3) is 0 Å². The van der Waals surface area contributed by atoms with Gasteiger partial charge in [-0.1, -0.05) is 19.1 Å². The lowest BCUT2D eigenvalue weighted by Gasteiger charge is -2.06. The van der Waals surface area contributed by atoms with Crippen LogP contribution in [-0.4, -0.2) is 24.9 Å². The van der Waals surface area contributed by atoms with Crippen molar-refractivity contribution in [3.8, 4) is 5.75 Å². The van der Waals surface area contributed by atoms with Gasteiger partial charge in [0, 0.05) is 6.54 Å². The molecule has 0 aliphatic rings. The summed E-state index contributed by atoms with van der Waals surface area (Å²) in [6.07, 6.45) is 1.15. The number of rotatable bonds is 7. The normalized spacial score (nSPS) is 9.62. The highest BCUT2D eigenvalue weighted by molar-refractivity contribution is 5.27. The van der Waals surface area contributed by atoms with E-state index >= 15 is 0 Å². The number of ether oxygens (including phenoxy) is 1. The van der Waals surface area contributed by atoms with Gasteiger partial charge >= 0.3 is 0 Å². The minimum absolute atomic E-state index is 0. The van der Waals surface area contributed by atoms with Crippen molar-refractivity contribution in [3.05, 3.63) is 29.8 Å². The zero-order chi connectivity index (χ0) is 10.9. The molecule has 0 aliphatic heterocycles. The Morgan fingerprint density at radius 2 is 1.94 bits per heavy atom. The molecule has 0 unspecified atom stereocenters. The molecule has 0 atom stereocenters. The highest BCUT2D eigenvalue weighted by Crippen LogP contribution is 2.11. The van der Waals surface area contributed by atoms with Crippen LogP contribution in [0, 0.1) is 0 Å². The molecule has 0 spiro atoms. The molecule has 0 heterocycles. The Balaban J connectivity index is 0.00000225. The number of halogens is 1. The van der Waals surface area contributed by atoms with Gasteiger partial charge in [0.1, 0.15) is 12.4 Å². The molecular formula is C12H19ClNO2-. The molecule has 0 fully saturated rings. The fourth-order valence-corrected chi connectivity index (χ4v) is 1.28. The van der Waals surface area contributed by atoms with Crippen LogP contribution < -0.4 is 22.5 Å². The zero-order valence-corrected chi connectivity index (χ0v) is 10.3. The van der Waals surface area contributed by atoms with Crippen LogP contribution in [0.3, 0.4) is 0 Å². The molecule has 16 heavy (non-hydrogen) atoms. The molecule has 2 N–H and O–H groups in total. The van der Waals surface area contributed by atoms with Crippen molar-refractivity contribution in [2.45, 2.75) is 19.9 Å². The lowest BCUT2D eigenvalue weighted by molar-refractivity contribution is -0.00000439. The van der Waals surface area contributed by atoms with Crippen molar-refractivity contribution in [1.29, 1.82) is 0 Å². The number of hydrogen-bond acceptors (Lipinski definition) is 3. The molecule has 0 aromatic heterocycles. The Bertz CT molecular complexity index is 264. The van der Waals surface area contributed by atoms with E-state index in [1.54, 1.807) is 0 Å². The van der Waals surface area contributed by atoms with Crippen LogP contribution >= 0.6 is 0 Å². The molecule has 0 amide bonds. The van der Waals surface area contributed by atoms with Gasteiger partial charge in [0.05, 0.1) is 6.61 Å². The van der Waals surface area contributed by atoms with Crippen molar-refractivity contribution >= 4 is 0 Å². The number of benzene rings is 1. The molecular weight excluding hydrogens is 226 g/mol. The Hall–Kier alpha value is -0.770. The molecule has 92 valence electrons. The maximum atomic E-state index is 8.59. The minimum atomic E-state index is 0. The van der Waals surface area contributed by atoms with Crippen LogP contribution in [0.4, 0.5) is 0 Å². The monoisotopic (exact) mass is 244 g/mol. The quantitative estimate of drug-likeness (QED) is 0.578. The first-order chi connectivity index (χ1) is 7.36. The van der Waals surface area contributed by atoms with Gasteiger partial charge in [0.2, 0.25) is 0 Å². The SMILES string of the molecule is CCCNCc1ccc(OCCO)cc1.[Cl-]. The smallest absolute Gasteiger partial charge is 0.119 e. The van der Waals surface area contributed by atoms with Crippen LogP contribution in [0.1, 0.15) is 18.9 Å². The fourth-order valence-electron chi connectivity index (χ4n) is 1.28. The first kappa shape index (κ1) is 15.2. The summed E-state index contributed by atoms with van der Waals surface area (Å²) in [5, 5.41) is 11.9. The average molecular weight is 245 g/mol. The number of aliphatic hydroxyl groups is 1. The van der Waals surface area contributed by atoms with Crippen LogP contribution in [0.2, 0.25) is 0 Å².